The van der Waals surface area contributed by atoms with Gasteiger partial charge >= 0.3 is 0 Å². The van der Waals surface area contributed by atoms with Crippen LogP contribution in [0.4, 0.5) is 0 Å². The molecular weight excluding hydrogens is 358 g/mol. The molecule has 0 radical (unpaired) electrons. The van der Waals surface area contributed by atoms with E-state index in [0.29, 0.717) is 0 Å². The molecule has 3 nitrogen and oxygen atoms in total. The summed E-state index contributed by atoms with van der Waals surface area (Å²) < 4.78 is 11.9. The molecule has 0 N–H and O–H groups in total. The minimum atomic E-state index is 0.769. The van der Waals surface area contributed by atoms with Crippen LogP contribution in [-0.4, -0.2) is 18.2 Å². The van der Waals surface area contributed by atoms with Gasteiger partial charge in [0.05, 0.1) is 18.9 Å². The van der Waals surface area contributed by atoms with Gasteiger partial charge in [-0.1, -0.05) is 64.9 Å². The van der Waals surface area contributed by atoms with E-state index in [1.807, 2.05) is 6.07 Å². The van der Waals surface area contributed by atoms with Gasteiger partial charge in [0.2, 0.25) is 5.88 Å². The summed E-state index contributed by atoms with van der Waals surface area (Å²) in [6.45, 7) is 6.07. The van der Waals surface area contributed by atoms with Crippen LogP contribution in [0, 0.1) is 0 Å². The van der Waals surface area contributed by atoms with E-state index in [2.05, 4.69) is 38.1 Å². The molecule has 1 aliphatic rings. The van der Waals surface area contributed by atoms with E-state index in [1.165, 1.54) is 61.6 Å². The molecule has 0 unspecified atom stereocenters. The lowest BCUT2D eigenvalue weighted by Crippen LogP contribution is -2.08. The van der Waals surface area contributed by atoms with Gasteiger partial charge in [-0.15, -0.1) is 0 Å². The van der Waals surface area contributed by atoms with Gasteiger partial charge in [0.15, 0.2) is 0 Å². The molecule has 0 aliphatic heterocycles. The number of benzene rings is 1. The fraction of sp³-hybridized carbons (Fsp3) is 0.577. The van der Waals surface area contributed by atoms with Crippen LogP contribution in [-0.2, 0) is 12.8 Å². The van der Waals surface area contributed by atoms with Crippen molar-refractivity contribution in [3.63, 3.8) is 0 Å². The lowest BCUT2D eigenvalue weighted by Gasteiger charge is -2.20. The number of aromatic nitrogens is 1. The van der Waals surface area contributed by atoms with Gasteiger partial charge in [-0.25, -0.2) is 4.98 Å². The second-order valence-electron chi connectivity index (χ2n) is 8.13. The molecule has 3 rings (SSSR count). The largest absolute Gasteiger partial charge is 0.494 e. The Morgan fingerprint density at radius 2 is 1.41 bits per heavy atom. The first-order valence-electron chi connectivity index (χ1n) is 11.7. The van der Waals surface area contributed by atoms with Crippen LogP contribution in [0.2, 0.25) is 0 Å². The highest BCUT2D eigenvalue weighted by molar-refractivity contribution is 5.73. The van der Waals surface area contributed by atoms with Crippen LogP contribution in [0.1, 0.15) is 82.9 Å². The Morgan fingerprint density at radius 3 is 2.21 bits per heavy atom. The Bertz CT molecular complexity index is 756. The third kappa shape index (κ3) is 6.48. The van der Waals surface area contributed by atoms with Gasteiger partial charge in [-0.05, 0) is 55.0 Å². The van der Waals surface area contributed by atoms with Crippen molar-refractivity contribution in [3.05, 3.63) is 41.6 Å². The van der Waals surface area contributed by atoms with Crippen molar-refractivity contribution in [1.82, 2.24) is 4.98 Å². The van der Waals surface area contributed by atoms with Crippen molar-refractivity contribution in [2.45, 2.75) is 84.5 Å². The maximum absolute atomic E-state index is 5.97. The molecule has 2 aromatic rings. The third-order valence-electron chi connectivity index (χ3n) is 5.71. The Balaban J connectivity index is 1.55. The van der Waals surface area contributed by atoms with Crippen molar-refractivity contribution in [3.8, 4) is 22.8 Å². The average Bonchev–Trinajstić information content (AvgIpc) is 2.75. The molecule has 158 valence electrons. The molecule has 1 heterocycles. The van der Waals surface area contributed by atoms with Crippen LogP contribution in [0.3, 0.4) is 0 Å². The predicted molar refractivity (Wildman–Crippen MR) is 121 cm³/mol. The summed E-state index contributed by atoms with van der Waals surface area (Å²) in [6.07, 6.45) is 13.2. The summed E-state index contributed by atoms with van der Waals surface area (Å²) in [6, 6.07) is 10.7. The zero-order valence-electron chi connectivity index (χ0n) is 18.3. The predicted octanol–water partition coefficient (Wildman–Crippen LogP) is 7.16. The smallest absolute Gasteiger partial charge is 0.213 e. The molecule has 0 spiro atoms. The van der Waals surface area contributed by atoms with Crippen molar-refractivity contribution >= 4 is 0 Å². The molecule has 29 heavy (non-hydrogen) atoms. The monoisotopic (exact) mass is 395 g/mol. The van der Waals surface area contributed by atoms with Gasteiger partial charge in [-0.2, -0.15) is 0 Å². The molecule has 1 aromatic heterocycles. The molecule has 1 aliphatic carbocycles. The Labute approximate surface area is 176 Å². The van der Waals surface area contributed by atoms with Crippen LogP contribution in [0.15, 0.2) is 30.3 Å². The van der Waals surface area contributed by atoms with Gasteiger partial charge < -0.3 is 9.47 Å². The van der Waals surface area contributed by atoms with Crippen molar-refractivity contribution in [2.75, 3.05) is 13.2 Å². The molecule has 1 aromatic carbocycles. The number of fused-ring (bicyclic) bond motifs is 3. The second kappa shape index (κ2) is 11.8. The Kier molecular flexibility index (Phi) is 8.85. The zero-order chi connectivity index (χ0) is 20.3. The zero-order valence-corrected chi connectivity index (χ0v) is 18.3. The first-order valence-corrected chi connectivity index (χ1v) is 11.7. The van der Waals surface area contributed by atoms with Crippen LogP contribution >= 0.6 is 0 Å². The number of unbranched alkanes of at least 4 members (excludes halogenated alkanes) is 7. The van der Waals surface area contributed by atoms with Crippen LogP contribution in [0.25, 0.3) is 11.1 Å². The number of pyridine rings is 1. The quantitative estimate of drug-likeness (QED) is 0.337. The summed E-state index contributed by atoms with van der Waals surface area (Å²) in [4.78, 5) is 4.79. The lowest BCUT2D eigenvalue weighted by atomic mass is 9.88. The van der Waals surface area contributed by atoms with E-state index in [9.17, 15) is 0 Å². The SMILES string of the molecule is CCCCCCCOc1ccc2c(n1)CCc1cc(OCCCCCC)ccc1-2. The standard InChI is InChI=1S/C26H37NO2/c1-3-5-7-9-11-19-29-26-17-15-24-23-14-13-22(28-18-10-8-6-4-2)20-21(23)12-16-25(24)27-26/h13-15,17,20H,3-12,16,18-19H2,1-2H3. The molecular formula is C26H37NO2. The first kappa shape index (κ1) is 21.7. The van der Waals surface area contributed by atoms with E-state index in [0.717, 1.165) is 56.2 Å². The highest BCUT2D eigenvalue weighted by Crippen LogP contribution is 2.35. The number of rotatable bonds is 13. The minimum Gasteiger partial charge on any atom is -0.494 e. The van der Waals surface area contributed by atoms with E-state index < -0.39 is 0 Å². The van der Waals surface area contributed by atoms with Gasteiger partial charge in [0.1, 0.15) is 5.75 Å². The third-order valence-corrected chi connectivity index (χ3v) is 5.71. The van der Waals surface area contributed by atoms with E-state index >= 15 is 0 Å². The average molecular weight is 396 g/mol. The first-order chi connectivity index (χ1) is 14.3. The summed E-state index contributed by atoms with van der Waals surface area (Å²) >= 11 is 0. The van der Waals surface area contributed by atoms with E-state index in [4.69, 9.17) is 14.5 Å². The fourth-order valence-corrected chi connectivity index (χ4v) is 3.98. The highest BCUT2D eigenvalue weighted by atomic mass is 16.5. The van der Waals surface area contributed by atoms with Crippen molar-refractivity contribution in [2.24, 2.45) is 0 Å². The summed E-state index contributed by atoms with van der Waals surface area (Å²) in [5, 5.41) is 0. The van der Waals surface area contributed by atoms with Crippen molar-refractivity contribution in [1.29, 1.82) is 0 Å². The maximum Gasteiger partial charge on any atom is 0.213 e. The minimum absolute atomic E-state index is 0.769. The molecule has 0 bridgehead atoms. The number of aryl methyl sites for hydroxylation is 2. The number of ether oxygens (including phenoxy) is 2. The maximum atomic E-state index is 5.97. The van der Waals surface area contributed by atoms with Gasteiger partial charge in [0.25, 0.3) is 0 Å². The number of hydrogen-bond donors (Lipinski definition) is 0. The van der Waals surface area contributed by atoms with Gasteiger partial charge in [-0.3, -0.25) is 0 Å². The number of hydrogen-bond acceptors (Lipinski definition) is 3. The van der Waals surface area contributed by atoms with Crippen LogP contribution in [0.5, 0.6) is 11.6 Å². The summed E-state index contributed by atoms with van der Waals surface area (Å²) in [5.74, 6) is 1.77. The molecule has 0 saturated carbocycles. The summed E-state index contributed by atoms with van der Waals surface area (Å²) in [5.41, 5.74) is 5.07. The highest BCUT2D eigenvalue weighted by Gasteiger charge is 2.18. The van der Waals surface area contributed by atoms with Gasteiger partial charge in [0, 0.05) is 11.6 Å². The number of nitrogens with zero attached hydrogens (tertiary/aromatic N) is 1. The van der Waals surface area contributed by atoms with E-state index in [-0.39, 0.29) is 0 Å². The van der Waals surface area contributed by atoms with E-state index in [1.54, 1.807) is 0 Å². The van der Waals surface area contributed by atoms with Crippen LogP contribution < -0.4 is 9.47 Å². The normalized spacial score (nSPS) is 12.3. The fourth-order valence-electron chi connectivity index (χ4n) is 3.98. The molecule has 0 saturated heterocycles. The second-order valence-corrected chi connectivity index (χ2v) is 8.13. The Hall–Kier alpha value is -2.03. The topological polar surface area (TPSA) is 31.4 Å². The Morgan fingerprint density at radius 1 is 0.724 bits per heavy atom. The molecule has 3 heteroatoms. The lowest BCUT2D eigenvalue weighted by molar-refractivity contribution is 0.292. The molecule has 0 amide bonds. The van der Waals surface area contributed by atoms with Crippen molar-refractivity contribution < 1.29 is 9.47 Å². The molecule has 0 atom stereocenters. The summed E-state index contributed by atoms with van der Waals surface area (Å²) in [7, 11) is 0. The molecule has 0 fully saturated rings.